The summed E-state index contributed by atoms with van der Waals surface area (Å²) in [5, 5.41) is 17.3. The Kier molecular flexibility index (Phi) is 3.51. The number of hydrogen-bond donors (Lipinski definition) is 1. The van der Waals surface area contributed by atoms with Crippen molar-refractivity contribution < 1.29 is 0 Å². The normalized spacial score (nSPS) is 10.6. The molecule has 2 rings (SSSR count). The van der Waals surface area contributed by atoms with Gasteiger partial charge in [-0.1, -0.05) is 18.3 Å². The van der Waals surface area contributed by atoms with E-state index in [4.69, 9.17) is 0 Å². The molecule has 86 valence electrons. The highest BCUT2D eigenvalue weighted by molar-refractivity contribution is 7.15. The third kappa shape index (κ3) is 2.57. The number of nitrogens with zero attached hydrogens (tertiary/aromatic N) is 4. The summed E-state index contributed by atoms with van der Waals surface area (Å²) < 4.78 is 2.01. The number of aromatic nitrogens is 4. The summed E-state index contributed by atoms with van der Waals surface area (Å²) in [5.74, 6) is 0. The maximum absolute atomic E-state index is 4.27. The Labute approximate surface area is 98.5 Å². The zero-order valence-electron chi connectivity index (χ0n) is 9.47. The molecular weight excluding hydrogens is 222 g/mol. The number of anilines is 1. The number of nitrogens with one attached hydrogen (secondary N) is 1. The molecule has 0 unspecified atom stereocenters. The minimum atomic E-state index is 0.745. The van der Waals surface area contributed by atoms with Crippen molar-refractivity contribution in [3.63, 3.8) is 0 Å². The van der Waals surface area contributed by atoms with Crippen LogP contribution < -0.4 is 5.32 Å². The lowest BCUT2D eigenvalue weighted by Crippen LogP contribution is -2.08. The first kappa shape index (κ1) is 11.1. The standard InChI is InChI=1S/C10H15N5S/c1-3-6-15-9(4-5-12-15)7-11-10-14-13-8(2)16-10/h4-5H,3,6-7H2,1-2H3,(H,11,14). The van der Waals surface area contributed by atoms with Gasteiger partial charge < -0.3 is 5.32 Å². The van der Waals surface area contributed by atoms with Crippen molar-refractivity contribution in [3.8, 4) is 0 Å². The van der Waals surface area contributed by atoms with Crippen LogP contribution in [0.2, 0.25) is 0 Å². The quantitative estimate of drug-likeness (QED) is 0.865. The van der Waals surface area contributed by atoms with Crippen LogP contribution in [0, 0.1) is 6.92 Å². The molecule has 0 saturated heterocycles. The van der Waals surface area contributed by atoms with Crippen molar-refractivity contribution in [2.24, 2.45) is 0 Å². The van der Waals surface area contributed by atoms with Gasteiger partial charge in [-0.3, -0.25) is 4.68 Å². The van der Waals surface area contributed by atoms with Gasteiger partial charge in [-0.25, -0.2) is 0 Å². The van der Waals surface area contributed by atoms with Gasteiger partial charge in [0.2, 0.25) is 5.13 Å². The molecular formula is C10H15N5S. The topological polar surface area (TPSA) is 55.6 Å². The number of hydrogen-bond acceptors (Lipinski definition) is 5. The molecule has 0 spiro atoms. The molecule has 0 saturated carbocycles. The summed E-state index contributed by atoms with van der Waals surface area (Å²) >= 11 is 1.57. The van der Waals surface area contributed by atoms with Crippen LogP contribution in [0.5, 0.6) is 0 Å². The average Bonchev–Trinajstić information content (AvgIpc) is 2.85. The van der Waals surface area contributed by atoms with E-state index in [-0.39, 0.29) is 0 Å². The SMILES string of the molecule is CCCn1nccc1CNc1nnc(C)s1. The van der Waals surface area contributed by atoms with E-state index in [1.54, 1.807) is 11.3 Å². The van der Waals surface area contributed by atoms with Gasteiger partial charge in [0, 0.05) is 12.7 Å². The Morgan fingerprint density at radius 1 is 1.44 bits per heavy atom. The van der Waals surface area contributed by atoms with Crippen molar-refractivity contribution in [1.82, 2.24) is 20.0 Å². The van der Waals surface area contributed by atoms with Crippen LogP contribution in [0.15, 0.2) is 12.3 Å². The fraction of sp³-hybridized carbons (Fsp3) is 0.500. The molecule has 0 bridgehead atoms. The van der Waals surface area contributed by atoms with E-state index in [0.29, 0.717) is 0 Å². The molecule has 2 aromatic rings. The molecule has 0 aromatic carbocycles. The Bertz CT molecular complexity index is 448. The fourth-order valence-corrected chi connectivity index (χ4v) is 2.04. The molecule has 0 aliphatic carbocycles. The summed E-state index contributed by atoms with van der Waals surface area (Å²) in [5.41, 5.74) is 1.18. The van der Waals surface area contributed by atoms with Gasteiger partial charge in [0.05, 0.1) is 12.2 Å². The zero-order chi connectivity index (χ0) is 11.4. The monoisotopic (exact) mass is 237 g/mol. The highest BCUT2D eigenvalue weighted by atomic mass is 32.1. The molecule has 0 radical (unpaired) electrons. The van der Waals surface area contributed by atoms with Gasteiger partial charge in [0.15, 0.2) is 0 Å². The first-order chi connectivity index (χ1) is 7.79. The molecule has 0 atom stereocenters. The molecule has 16 heavy (non-hydrogen) atoms. The van der Waals surface area contributed by atoms with Crippen LogP contribution in [0.1, 0.15) is 24.0 Å². The van der Waals surface area contributed by atoms with Gasteiger partial charge in [0.25, 0.3) is 0 Å². The van der Waals surface area contributed by atoms with Crippen LogP contribution in [0.3, 0.4) is 0 Å². The molecule has 6 heteroatoms. The summed E-state index contributed by atoms with van der Waals surface area (Å²) in [4.78, 5) is 0. The summed E-state index contributed by atoms with van der Waals surface area (Å²) in [6, 6.07) is 2.02. The van der Waals surface area contributed by atoms with Crippen LogP contribution >= 0.6 is 11.3 Å². The predicted molar refractivity (Wildman–Crippen MR) is 64.5 cm³/mol. The Morgan fingerprint density at radius 2 is 2.31 bits per heavy atom. The fourth-order valence-electron chi connectivity index (χ4n) is 1.46. The highest BCUT2D eigenvalue weighted by Crippen LogP contribution is 2.14. The van der Waals surface area contributed by atoms with E-state index in [2.05, 4.69) is 27.5 Å². The zero-order valence-corrected chi connectivity index (χ0v) is 10.3. The molecule has 1 N–H and O–H groups in total. The van der Waals surface area contributed by atoms with Gasteiger partial charge in [-0.15, -0.1) is 10.2 Å². The van der Waals surface area contributed by atoms with Crippen molar-refractivity contribution in [3.05, 3.63) is 23.0 Å². The summed E-state index contributed by atoms with van der Waals surface area (Å²) in [7, 11) is 0. The van der Waals surface area contributed by atoms with Gasteiger partial charge in [-0.2, -0.15) is 5.10 Å². The second-order valence-electron chi connectivity index (χ2n) is 3.53. The first-order valence-corrected chi connectivity index (χ1v) is 6.16. The van der Waals surface area contributed by atoms with Gasteiger partial charge in [0.1, 0.15) is 5.01 Å². The van der Waals surface area contributed by atoms with Crippen molar-refractivity contribution in [2.45, 2.75) is 33.4 Å². The van der Waals surface area contributed by atoms with Crippen LogP contribution in [0.4, 0.5) is 5.13 Å². The molecule has 2 aromatic heterocycles. The second kappa shape index (κ2) is 5.07. The van der Waals surface area contributed by atoms with Crippen LogP contribution in [-0.2, 0) is 13.1 Å². The van der Waals surface area contributed by atoms with E-state index in [9.17, 15) is 0 Å². The smallest absolute Gasteiger partial charge is 0.205 e. The first-order valence-electron chi connectivity index (χ1n) is 5.34. The highest BCUT2D eigenvalue weighted by Gasteiger charge is 2.03. The largest absolute Gasteiger partial charge is 0.354 e. The van der Waals surface area contributed by atoms with Crippen LogP contribution in [-0.4, -0.2) is 20.0 Å². The lowest BCUT2D eigenvalue weighted by molar-refractivity contribution is 0.578. The molecule has 5 nitrogen and oxygen atoms in total. The third-order valence-corrected chi connectivity index (χ3v) is 2.98. The van der Waals surface area contributed by atoms with E-state index in [1.165, 1.54) is 5.69 Å². The minimum Gasteiger partial charge on any atom is -0.354 e. The second-order valence-corrected chi connectivity index (χ2v) is 4.71. The average molecular weight is 237 g/mol. The maximum Gasteiger partial charge on any atom is 0.205 e. The van der Waals surface area contributed by atoms with Crippen molar-refractivity contribution in [1.29, 1.82) is 0 Å². The molecule has 0 amide bonds. The van der Waals surface area contributed by atoms with E-state index < -0.39 is 0 Å². The van der Waals surface area contributed by atoms with Crippen molar-refractivity contribution >= 4 is 16.5 Å². The lowest BCUT2D eigenvalue weighted by atomic mass is 10.4. The maximum atomic E-state index is 4.27. The van der Waals surface area contributed by atoms with Crippen molar-refractivity contribution in [2.75, 3.05) is 5.32 Å². The molecule has 0 aliphatic heterocycles. The molecule has 0 aliphatic rings. The van der Waals surface area contributed by atoms with Crippen LogP contribution in [0.25, 0.3) is 0 Å². The molecule has 0 fully saturated rings. The summed E-state index contributed by atoms with van der Waals surface area (Å²) in [6.07, 6.45) is 2.92. The summed E-state index contributed by atoms with van der Waals surface area (Å²) in [6.45, 7) is 5.80. The van der Waals surface area contributed by atoms with Gasteiger partial charge >= 0.3 is 0 Å². The predicted octanol–water partition coefficient (Wildman–Crippen LogP) is 2.07. The number of rotatable bonds is 5. The van der Waals surface area contributed by atoms with E-state index >= 15 is 0 Å². The van der Waals surface area contributed by atoms with Gasteiger partial charge in [-0.05, 0) is 19.4 Å². The molecule has 2 heterocycles. The number of aryl methyl sites for hydroxylation is 2. The Balaban J connectivity index is 1.96. The minimum absolute atomic E-state index is 0.745. The Morgan fingerprint density at radius 3 is 3.00 bits per heavy atom. The van der Waals surface area contributed by atoms with E-state index in [0.717, 1.165) is 29.6 Å². The third-order valence-electron chi connectivity index (χ3n) is 2.19. The lowest BCUT2D eigenvalue weighted by Gasteiger charge is -2.05. The van der Waals surface area contributed by atoms with E-state index in [1.807, 2.05) is 23.9 Å². The Hall–Kier alpha value is -1.43.